The Labute approximate surface area is 111 Å². The molecule has 0 aliphatic rings. The number of hydrogen-bond donors (Lipinski definition) is 1. The predicted molar refractivity (Wildman–Crippen MR) is 74.6 cm³/mol. The molecule has 19 heavy (non-hydrogen) atoms. The number of nitrogens with zero attached hydrogens (tertiary/aromatic N) is 2. The number of aryl methyl sites for hydroxylation is 1. The van der Waals surface area contributed by atoms with E-state index >= 15 is 0 Å². The van der Waals surface area contributed by atoms with Gasteiger partial charge in [0.25, 0.3) is 5.56 Å². The fraction of sp³-hybridized carbons (Fsp3) is 0.200. The first-order chi connectivity index (χ1) is 9.17. The number of nitrogens with two attached hydrogens (primary N) is 1. The van der Waals surface area contributed by atoms with Gasteiger partial charge in [-0.15, -0.1) is 0 Å². The largest absolute Gasteiger partial charge is 0.329 e. The Morgan fingerprint density at radius 1 is 1.21 bits per heavy atom. The number of benzene rings is 1. The molecule has 0 radical (unpaired) electrons. The molecule has 0 amide bonds. The minimum absolute atomic E-state index is 0.143. The highest BCUT2D eigenvalue weighted by Crippen LogP contribution is 2.18. The van der Waals surface area contributed by atoms with E-state index in [0.29, 0.717) is 13.1 Å². The molecule has 0 unspecified atom stereocenters. The van der Waals surface area contributed by atoms with Gasteiger partial charge in [0.05, 0.1) is 5.69 Å². The highest BCUT2D eigenvalue weighted by Gasteiger charge is 2.09. The molecule has 96 valence electrons. The first kappa shape index (κ1) is 13.1. The van der Waals surface area contributed by atoms with Crippen LogP contribution in [0, 0.1) is 18.3 Å². The maximum absolute atomic E-state index is 12.1. The molecular formula is C15H15N3O. The molecule has 2 aromatic rings. The average molecular weight is 253 g/mol. The molecule has 2 N–H and O–H groups in total. The summed E-state index contributed by atoms with van der Waals surface area (Å²) in [5.74, 6) is 0. The summed E-state index contributed by atoms with van der Waals surface area (Å²) in [7, 11) is 0. The van der Waals surface area contributed by atoms with Gasteiger partial charge in [0, 0.05) is 13.1 Å². The van der Waals surface area contributed by atoms with E-state index in [4.69, 9.17) is 11.0 Å². The summed E-state index contributed by atoms with van der Waals surface area (Å²) in [4.78, 5) is 12.1. The van der Waals surface area contributed by atoms with Gasteiger partial charge in [-0.3, -0.25) is 4.79 Å². The Balaban J connectivity index is 2.63. The third-order valence-corrected chi connectivity index (χ3v) is 2.99. The van der Waals surface area contributed by atoms with Crippen LogP contribution < -0.4 is 11.3 Å². The fourth-order valence-corrected chi connectivity index (χ4v) is 1.99. The Kier molecular flexibility index (Phi) is 3.79. The fourth-order valence-electron chi connectivity index (χ4n) is 1.99. The van der Waals surface area contributed by atoms with Gasteiger partial charge in [-0.25, -0.2) is 0 Å². The molecule has 2 rings (SSSR count). The van der Waals surface area contributed by atoms with Crippen molar-refractivity contribution in [2.24, 2.45) is 5.73 Å². The molecule has 0 atom stereocenters. The summed E-state index contributed by atoms with van der Waals surface area (Å²) >= 11 is 0. The zero-order chi connectivity index (χ0) is 13.8. The smallest absolute Gasteiger partial charge is 0.268 e. The molecule has 4 heteroatoms. The lowest BCUT2D eigenvalue weighted by Gasteiger charge is -2.12. The Hall–Kier alpha value is -2.38. The molecule has 0 fully saturated rings. The zero-order valence-corrected chi connectivity index (χ0v) is 10.8. The SMILES string of the molecule is Cc1ccc(-c2ccc(C#N)c(=O)n2CCN)cc1. The highest BCUT2D eigenvalue weighted by molar-refractivity contribution is 5.60. The van der Waals surface area contributed by atoms with E-state index in [-0.39, 0.29) is 11.1 Å². The Bertz CT molecular complexity index is 678. The number of hydrogen-bond acceptors (Lipinski definition) is 3. The van der Waals surface area contributed by atoms with Gasteiger partial charge in [-0.2, -0.15) is 5.26 Å². The van der Waals surface area contributed by atoms with Gasteiger partial charge in [0.1, 0.15) is 11.6 Å². The number of pyridine rings is 1. The van der Waals surface area contributed by atoms with Crippen LogP contribution in [0.4, 0.5) is 0 Å². The van der Waals surface area contributed by atoms with Crippen LogP contribution in [0.25, 0.3) is 11.3 Å². The van der Waals surface area contributed by atoms with Crippen LogP contribution in [-0.2, 0) is 6.54 Å². The summed E-state index contributed by atoms with van der Waals surface area (Å²) in [5.41, 5.74) is 8.30. The topological polar surface area (TPSA) is 71.8 Å². The first-order valence-electron chi connectivity index (χ1n) is 6.08. The molecule has 0 aliphatic heterocycles. The van der Waals surface area contributed by atoms with Crippen LogP contribution in [0.1, 0.15) is 11.1 Å². The van der Waals surface area contributed by atoms with Crippen molar-refractivity contribution in [1.82, 2.24) is 4.57 Å². The van der Waals surface area contributed by atoms with Crippen LogP contribution in [-0.4, -0.2) is 11.1 Å². The summed E-state index contributed by atoms with van der Waals surface area (Å²) in [5, 5.41) is 8.91. The van der Waals surface area contributed by atoms with Gasteiger partial charge in [-0.05, 0) is 24.6 Å². The molecule has 0 bridgehead atoms. The van der Waals surface area contributed by atoms with E-state index in [1.807, 2.05) is 37.3 Å². The molecule has 0 aliphatic carbocycles. The lowest BCUT2D eigenvalue weighted by atomic mass is 10.1. The highest BCUT2D eigenvalue weighted by atomic mass is 16.1. The van der Waals surface area contributed by atoms with E-state index in [0.717, 1.165) is 16.8 Å². The molecule has 1 aromatic heterocycles. The van der Waals surface area contributed by atoms with Crippen LogP contribution in [0.5, 0.6) is 0 Å². The third-order valence-electron chi connectivity index (χ3n) is 2.99. The standard InChI is InChI=1S/C15H15N3O/c1-11-2-4-12(5-3-11)14-7-6-13(10-17)15(19)18(14)9-8-16/h2-7H,8-9,16H2,1H3. The van der Waals surface area contributed by atoms with Gasteiger partial charge in [0.2, 0.25) is 0 Å². The van der Waals surface area contributed by atoms with Crippen LogP contribution in [0.2, 0.25) is 0 Å². The van der Waals surface area contributed by atoms with Crippen LogP contribution in [0.3, 0.4) is 0 Å². The maximum Gasteiger partial charge on any atom is 0.268 e. The average Bonchev–Trinajstić information content (AvgIpc) is 2.42. The molecule has 0 saturated carbocycles. The van der Waals surface area contributed by atoms with Crippen molar-refractivity contribution in [3.8, 4) is 17.3 Å². The second-order valence-corrected chi connectivity index (χ2v) is 4.36. The van der Waals surface area contributed by atoms with E-state index in [1.54, 1.807) is 16.7 Å². The summed E-state index contributed by atoms with van der Waals surface area (Å²) in [6.45, 7) is 2.76. The van der Waals surface area contributed by atoms with E-state index in [9.17, 15) is 4.79 Å². The predicted octanol–water partition coefficient (Wildman–Crippen LogP) is 1.65. The molecule has 1 heterocycles. The Morgan fingerprint density at radius 3 is 2.47 bits per heavy atom. The zero-order valence-electron chi connectivity index (χ0n) is 10.8. The van der Waals surface area contributed by atoms with E-state index in [2.05, 4.69) is 0 Å². The summed E-state index contributed by atoms with van der Waals surface area (Å²) < 4.78 is 1.56. The minimum atomic E-state index is -0.286. The van der Waals surface area contributed by atoms with Gasteiger partial charge in [-0.1, -0.05) is 29.8 Å². The van der Waals surface area contributed by atoms with Gasteiger partial charge in [0.15, 0.2) is 0 Å². The van der Waals surface area contributed by atoms with Crippen LogP contribution in [0.15, 0.2) is 41.2 Å². The van der Waals surface area contributed by atoms with Crippen molar-refractivity contribution in [1.29, 1.82) is 5.26 Å². The van der Waals surface area contributed by atoms with Gasteiger partial charge < -0.3 is 10.3 Å². The monoisotopic (exact) mass is 253 g/mol. The lowest BCUT2D eigenvalue weighted by Crippen LogP contribution is -2.27. The maximum atomic E-state index is 12.1. The molecule has 0 saturated heterocycles. The first-order valence-corrected chi connectivity index (χ1v) is 6.08. The number of aromatic nitrogens is 1. The Morgan fingerprint density at radius 2 is 1.89 bits per heavy atom. The quantitative estimate of drug-likeness (QED) is 0.904. The molecule has 0 spiro atoms. The number of rotatable bonds is 3. The van der Waals surface area contributed by atoms with Crippen LogP contribution >= 0.6 is 0 Å². The molecule has 1 aromatic carbocycles. The number of nitriles is 1. The van der Waals surface area contributed by atoms with E-state index in [1.165, 1.54) is 0 Å². The second kappa shape index (κ2) is 5.51. The van der Waals surface area contributed by atoms with Crippen molar-refractivity contribution >= 4 is 0 Å². The van der Waals surface area contributed by atoms with Crippen molar-refractivity contribution < 1.29 is 0 Å². The van der Waals surface area contributed by atoms with Crippen molar-refractivity contribution in [3.63, 3.8) is 0 Å². The lowest BCUT2D eigenvalue weighted by molar-refractivity contribution is 0.686. The third kappa shape index (κ3) is 2.56. The van der Waals surface area contributed by atoms with Gasteiger partial charge >= 0.3 is 0 Å². The van der Waals surface area contributed by atoms with Crippen molar-refractivity contribution in [3.05, 3.63) is 57.9 Å². The molecular weight excluding hydrogens is 238 g/mol. The van der Waals surface area contributed by atoms with Crippen molar-refractivity contribution in [2.75, 3.05) is 6.54 Å². The summed E-state index contributed by atoms with van der Waals surface area (Å²) in [6.07, 6.45) is 0. The van der Waals surface area contributed by atoms with Crippen molar-refractivity contribution in [2.45, 2.75) is 13.5 Å². The normalized spacial score (nSPS) is 10.2. The summed E-state index contributed by atoms with van der Waals surface area (Å²) in [6, 6.07) is 13.2. The minimum Gasteiger partial charge on any atom is -0.329 e. The molecule has 4 nitrogen and oxygen atoms in total. The van der Waals surface area contributed by atoms with E-state index < -0.39 is 0 Å². The second-order valence-electron chi connectivity index (χ2n) is 4.36.